The molecular weight excluding hydrogens is 427 g/mol. The maximum Gasteiger partial charge on any atom is 0.0386 e. The van der Waals surface area contributed by atoms with Crippen molar-refractivity contribution in [3.63, 3.8) is 0 Å². The summed E-state index contributed by atoms with van der Waals surface area (Å²) in [7, 11) is 0. The van der Waals surface area contributed by atoms with Crippen LogP contribution in [0.1, 0.15) is 11.1 Å². The number of benzene rings is 1. The van der Waals surface area contributed by atoms with Crippen LogP contribution in [0.15, 0.2) is 55.0 Å². The van der Waals surface area contributed by atoms with Gasteiger partial charge in [0.15, 0.2) is 0 Å². The van der Waals surface area contributed by atoms with Gasteiger partial charge in [-0.2, -0.15) is 6.07 Å². The molecule has 0 unspecified atom stereocenters. The minimum absolute atomic E-state index is 0. The number of aryl methyl sites for hydroxylation is 2. The molecule has 2 aromatic heterocycles. The second-order valence-corrected chi connectivity index (χ2v) is 4.68. The molecule has 0 N–H and O–H groups in total. The molecule has 0 aliphatic carbocycles. The molecule has 0 aliphatic rings. The summed E-state index contributed by atoms with van der Waals surface area (Å²) < 4.78 is 2.12. The van der Waals surface area contributed by atoms with Crippen LogP contribution in [0.3, 0.4) is 0 Å². The zero-order valence-electron chi connectivity index (χ0n) is 11.4. The van der Waals surface area contributed by atoms with Crippen molar-refractivity contribution in [1.29, 1.82) is 0 Å². The fraction of sp³-hybridized carbons (Fsp3) is 0.118. The van der Waals surface area contributed by atoms with E-state index in [9.17, 15) is 0 Å². The molecule has 0 saturated carbocycles. The Morgan fingerprint density at radius 2 is 1.75 bits per heavy atom. The molecule has 2 nitrogen and oxygen atoms in total. The maximum atomic E-state index is 4.36. The molecule has 0 bridgehead atoms. The van der Waals surface area contributed by atoms with Gasteiger partial charge in [-0.3, -0.25) is 0 Å². The topological polar surface area (TPSA) is 17.8 Å². The van der Waals surface area contributed by atoms with Gasteiger partial charge in [0.1, 0.15) is 0 Å². The van der Waals surface area contributed by atoms with Gasteiger partial charge < -0.3 is 9.55 Å². The van der Waals surface area contributed by atoms with Crippen molar-refractivity contribution in [2.24, 2.45) is 0 Å². The van der Waals surface area contributed by atoms with Crippen molar-refractivity contribution in [3.05, 3.63) is 72.2 Å². The first-order chi connectivity index (χ1) is 9.25. The third kappa shape index (κ3) is 2.76. The molecule has 2 heterocycles. The summed E-state index contributed by atoms with van der Waals surface area (Å²) in [6.07, 6.45) is 5.86. The van der Waals surface area contributed by atoms with Gasteiger partial charge in [0.2, 0.25) is 0 Å². The summed E-state index contributed by atoms with van der Waals surface area (Å²) in [6, 6.07) is 15.5. The largest absolute Gasteiger partial charge is 0.389 e. The zero-order chi connectivity index (χ0) is 13.2. The predicted octanol–water partition coefficient (Wildman–Crippen LogP) is 3.95. The van der Waals surface area contributed by atoms with E-state index in [1.54, 1.807) is 6.20 Å². The van der Waals surface area contributed by atoms with Crippen molar-refractivity contribution in [2.75, 3.05) is 0 Å². The van der Waals surface area contributed by atoms with Gasteiger partial charge >= 0.3 is 0 Å². The molecule has 3 aromatic rings. The smallest absolute Gasteiger partial charge is 0.0386 e. The number of aromatic nitrogens is 2. The molecule has 0 amide bonds. The van der Waals surface area contributed by atoms with E-state index in [2.05, 4.69) is 53.9 Å². The second-order valence-electron chi connectivity index (χ2n) is 4.68. The van der Waals surface area contributed by atoms with E-state index in [1.165, 1.54) is 16.8 Å². The fourth-order valence-electron chi connectivity index (χ4n) is 2.36. The number of nitrogens with zero attached hydrogens (tertiary/aromatic N) is 2. The standard InChI is InChI=1S/C17H15N2.Pt/c1-13-6-5-7-14(2)17(13)19-11-9-15(12-19)16-8-3-4-10-18-16;/h3-8,10-12H,1-2H3;/q-1;. The van der Waals surface area contributed by atoms with Crippen molar-refractivity contribution in [2.45, 2.75) is 13.8 Å². The van der Waals surface area contributed by atoms with Gasteiger partial charge in [0.05, 0.1) is 0 Å². The Labute approximate surface area is 133 Å². The number of hydrogen-bond donors (Lipinski definition) is 0. The predicted molar refractivity (Wildman–Crippen MR) is 77.3 cm³/mol. The molecule has 0 spiro atoms. The van der Waals surface area contributed by atoms with Crippen LogP contribution in [-0.2, 0) is 21.1 Å². The molecule has 0 radical (unpaired) electrons. The van der Waals surface area contributed by atoms with Crippen LogP contribution in [0, 0.1) is 19.9 Å². The van der Waals surface area contributed by atoms with E-state index in [4.69, 9.17) is 0 Å². The first-order valence-electron chi connectivity index (χ1n) is 6.33. The van der Waals surface area contributed by atoms with E-state index in [0.29, 0.717) is 0 Å². The van der Waals surface area contributed by atoms with Crippen molar-refractivity contribution in [1.82, 2.24) is 9.55 Å². The van der Waals surface area contributed by atoms with Crippen LogP contribution >= 0.6 is 0 Å². The van der Waals surface area contributed by atoms with E-state index in [1.807, 2.05) is 24.4 Å². The number of hydrogen-bond acceptors (Lipinski definition) is 1. The van der Waals surface area contributed by atoms with Crippen molar-refractivity contribution in [3.8, 4) is 16.9 Å². The summed E-state index contributed by atoms with van der Waals surface area (Å²) in [6.45, 7) is 4.26. The second kappa shape index (κ2) is 6.19. The summed E-state index contributed by atoms with van der Waals surface area (Å²) in [4.78, 5) is 4.36. The average Bonchev–Trinajstić information content (AvgIpc) is 2.89. The number of para-hydroxylation sites is 1. The van der Waals surface area contributed by atoms with Gasteiger partial charge in [-0.15, -0.1) is 5.56 Å². The van der Waals surface area contributed by atoms with Crippen molar-refractivity contribution < 1.29 is 21.1 Å². The summed E-state index contributed by atoms with van der Waals surface area (Å²) in [5.74, 6) is 0. The molecule has 0 aliphatic heterocycles. The van der Waals surface area contributed by atoms with Crippen LogP contribution in [-0.4, -0.2) is 9.55 Å². The first-order valence-corrected chi connectivity index (χ1v) is 6.33. The summed E-state index contributed by atoms with van der Waals surface area (Å²) in [5, 5.41) is 0. The van der Waals surface area contributed by atoms with E-state index in [-0.39, 0.29) is 21.1 Å². The number of pyridine rings is 1. The summed E-state index contributed by atoms with van der Waals surface area (Å²) in [5.41, 5.74) is 5.71. The van der Waals surface area contributed by atoms with Gasteiger partial charge in [-0.1, -0.05) is 42.7 Å². The third-order valence-electron chi connectivity index (χ3n) is 3.27. The van der Waals surface area contributed by atoms with E-state index >= 15 is 0 Å². The Bertz CT molecular complexity index is 682. The van der Waals surface area contributed by atoms with Gasteiger partial charge in [-0.25, -0.2) is 0 Å². The Hall–Kier alpha value is -1.66. The molecule has 3 heteroatoms. The van der Waals surface area contributed by atoms with Gasteiger partial charge in [0, 0.05) is 32.9 Å². The van der Waals surface area contributed by atoms with Crippen LogP contribution in [0.5, 0.6) is 0 Å². The minimum atomic E-state index is 0. The minimum Gasteiger partial charge on any atom is -0.389 e. The quantitative estimate of drug-likeness (QED) is 0.550. The molecule has 0 atom stereocenters. The fourth-order valence-corrected chi connectivity index (χ4v) is 2.36. The molecule has 3 rings (SSSR count). The first kappa shape index (κ1) is 14.7. The van der Waals surface area contributed by atoms with Gasteiger partial charge in [0.25, 0.3) is 0 Å². The Kier molecular flexibility index (Phi) is 4.56. The Morgan fingerprint density at radius 1 is 1.00 bits per heavy atom. The summed E-state index contributed by atoms with van der Waals surface area (Å²) >= 11 is 0. The molecule has 0 saturated heterocycles. The van der Waals surface area contributed by atoms with Crippen LogP contribution in [0.2, 0.25) is 0 Å². The normalized spacial score (nSPS) is 10.1. The monoisotopic (exact) mass is 442 g/mol. The molecular formula is C17H15N2Pt-. The number of rotatable bonds is 2. The molecule has 20 heavy (non-hydrogen) atoms. The Morgan fingerprint density at radius 3 is 2.40 bits per heavy atom. The van der Waals surface area contributed by atoms with E-state index < -0.39 is 0 Å². The molecule has 0 fully saturated rings. The SMILES string of the molecule is Cc1cccc(C)c1-n1c[c-]c(-c2ccccn2)c1.[Pt]. The van der Waals surface area contributed by atoms with Crippen LogP contribution in [0.4, 0.5) is 0 Å². The van der Waals surface area contributed by atoms with Crippen LogP contribution in [0.25, 0.3) is 16.9 Å². The zero-order valence-corrected chi connectivity index (χ0v) is 13.7. The van der Waals surface area contributed by atoms with Crippen molar-refractivity contribution >= 4 is 0 Å². The molecule has 104 valence electrons. The average molecular weight is 442 g/mol. The maximum absolute atomic E-state index is 4.36. The third-order valence-corrected chi connectivity index (χ3v) is 3.27. The van der Waals surface area contributed by atoms with E-state index in [0.717, 1.165) is 11.3 Å². The van der Waals surface area contributed by atoms with Crippen LogP contribution < -0.4 is 0 Å². The Balaban J connectivity index is 0.00000147. The molecule has 1 aromatic carbocycles. The van der Waals surface area contributed by atoms with Gasteiger partial charge in [-0.05, 0) is 36.7 Å².